The van der Waals surface area contributed by atoms with Crippen LogP contribution in [0.2, 0.25) is 5.15 Å². The molecular weight excluding hydrogens is 242 g/mol. The molecule has 0 saturated carbocycles. The van der Waals surface area contributed by atoms with Crippen LogP contribution in [-0.4, -0.2) is 15.1 Å². The first-order chi connectivity index (χ1) is 8.17. The Labute approximate surface area is 102 Å². The molecule has 0 amide bonds. The second-order valence-corrected chi connectivity index (χ2v) is 3.65. The van der Waals surface area contributed by atoms with Crippen molar-refractivity contribution in [2.24, 2.45) is 0 Å². The summed E-state index contributed by atoms with van der Waals surface area (Å²) in [5, 5.41) is 15.6. The van der Waals surface area contributed by atoms with Crippen molar-refractivity contribution in [3.05, 3.63) is 34.6 Å². The van der Waals surface area contributed by atoms with Crippen LogP contribution in [0.5, 0.6) is 0 Å². The van der Waals surface area contributed by atoms with Gasteiger partial charge in [-0.1, -0.05) is 16.8 Å². The lowest BCUT2D eigenvalue weighted by molar-refractivity contribution is 0.379. The van der Waals surface area contributed by atoms with Gasteiger partial charge >= 0.3 is 0 Å². The smallest absolute Gasteiger partial charge is 0.245 e. The van der Waals surface area contributed by atoms with Crippen molar-refractivity contribution in [1.82, 2.24) is 15.1 Å². The minimum Gasteiger partial charge on any atom is -0.361 e. The standard InChI is InChI=1S/C10H8ClN5O/c1-6-14-10(17-16-6)5-13-9-3-7(4-12)2-8(11)15-9/h2-3H,5H2,1H3,(H,13,15). The van der Waals surface area contributed by atoms with Crippen LogP contribution in [0.1, 0.15) is 17.3 Å². The van der Waals surface area contributed by atoms with Gasteiger partial charge < -0.3 is 9.84 Å². The maximum atomic E-state index is 8.77. The van der Waals surface area contributed by atoms with E-state index in [1.165, 1.54) is 6.07 Å². The van der Waals surface area contributed by atoms with E-state index in [2.05, 4.69) is 20.4 Å². The fourth-order valence-corrected chi connectivity index (χ4v) is 1.44. The molecule has 0 fully saturated rings. The number of aromatic nitrogens is 3. The van der Waals surface area contributed by atoms with Gasteiger partial charge in [0.2, 0.25) is 5.89 Å². The third-order valence-electron chi connectivity index (χ3n) is 1.91. The highest BCUT2D eigenvalue weighted by Gasteiger charge is 2.04. The van der Waals surface area contributed by atoms with E-state index < -0.39 is 0 Å². The van der Waals surface area contributed by atoms with Crippen LogP contribution in [0.3, 0.4) is 0 Å². The predicted octanol–water partition coefficient (Wildman–Crippen LogP) is 1.91. The highest BCUT2D eigenvalue weighted by Crippen LogP contribution is 2.14. The number of pyridine rings is 1. The number of nitrogens with one attached hydrogen (secondary N) is 1. The summed E-state index contributed by atoms with van der Waals surface area (Å²) in [4.78, 5) is 8.04. The Balaban J connectivity index is 2.09. The molecule has 6 nitrogen and oxygen atoms in total. The summed E-state index contributed by atoms with van der Waals surface area (Å²) in [6.45, 7) is 2.07. The van der Waals surface area contributed by atoms with E-state index in [1.54, 1.807) is 13.0 Å². The molecule has 86 valence electrons. The molecule has 2 heterocycles. The van der Waals surface area contributed by atoms with Crippen molar-refractivity contribution in [3.8, 4) is 6.07 Å². The largest absolute Gasteiger partial charge is 0.361 e. The number of hydrogen-bond acceptors (Lipinski definition) is 6. The minimum absolute atomic E-state index is 0.258. The molecule has 0 bridgehead atoms. The molecule has 7 heteroatoms. The fourth-order valence-electron chi connectivity index (χ4n) is 1.23. The van der Waals surface area contributed by atoms with Crippen LogP contribution < -0.4 is 5.32 Å². The monoisotopic (exact) mass is 249 g/mol. The first-order valence-electron chi connectivity index (χ1n) is 4.78. The van der Waals surface area contributed by atoms with Crippen LogP contribution in [0.25, 0.3) is 0 Å². The van der Waals surface area contributed by atoms with Gasteiger partial charge in [0.15, 0.2) is 5.82 Å². The zero-order chi connectivity index (χ0) is 12.3. The molecule has 0 aliphatic carbocycles. The third kappa shape index (κ3) is 2.92. The summed E-state index contributed by atoms with van der Waals surface area (Å²) in [5.74, 6) is 1.51. The van der Waals surface area contributed by atoms with Crippen LogP contribution >= 0.6 is 11.6 Å². The molecule has 2 rings (SSSR count). The number of hydrogen-bond donors (Lipinski definition) is 1. The molecule has 0 aromatic carbocycles. The Morgan fingerprint density at radius 2 is 2.29 bits per heavy atom. The maximum absolute atomic E-state index is 8.77. The predicted molar refractivity (Wildman–Crippen MR) is 60.3 cm³/mol. The Hall–Kier alpha value is -2.13. The van der Waals surface area contributed by atoms with Gasteiger partial charge in [-0.3, -0.25) is 0 Å². The van der Waals surface area contributed by atoms with E-state index in [4.69, 9.17) is 21.4 Å². The number of rotatable bonds is 3. The molecule has 0 atom stereocenters. The lowest BCUT2D eigenvalue weighted by Crippen LogP contribution is -2.02. The van der Waals surface area contributed by atoms with Crippen molar-refractivity contribution in [2.75, 3.05) is 5.32 Å². The van der Waals surface area contributed by atoms with Gasteiger partial charge in [0.05, 0.1) is 18.2 Å². The molecule has 0 saturated heterocycles. The summed E-state index contributed by atoms with van der Waals surface area (Å²) in [5.41, 5.74) is 0.439. The summed E-state index contributed by atoms with van der Waals surface area (Å²) >= 11 is 5.76. The van der Waals surface area contributed by atoms with Gasteiger partial charge in [0, 0.05) is 0 Å². The number of anilines is 1. The third-order valence-corrected chi connectivity index (χ3v) is 2.11. The SMILES string of the molecule is Cc1noc(CNc2cc(C#N)cc(Cl)n2)n1. The van der Waals surface area contributed by atoms with Crippen molar-refractivity contribution in [3.63, 3.8) is 0 Å². The Bertz CT molecular complexity index is 574. The number of nitrogens with zero attached hydrogens (tertiary/aromatic N) is 4. The van der Waals surface area contributed by atoms with Gasteiger partial charge in [-0.2, -0.15) is 10.2 Å². The zero-order valence-corrected chi connectivity index (χ0v) is 9.69. The Kier molecular flexibility index (Phi) is 3.21. The Morgan fingerprint density at radius 1 is 1.47 bits per heavy atom. The van der Waals surface area contributed by atoms with Gasteiger partial charge in [-0.15, -0.1) is 0 Å². The van der Waals surface area contributed by atoms with Crippen molar-refractivity contribution in [1.29, 1.82) is 5.26 Å². The van der Waals surface area contributed by atoms with E-state index in [0.29, 0.717) is 29.6 Å². The lowest BCUT2D eigenvalue weighted by Gasteiger charge is -2.03. The van der Waals surface area contributed by atoms with Crippen LogP contribution in [0.15, 0.2) is 16.7 Å². The van der Waals surface area contributed by atoms with Gasteiger partial charge in [-0.05, 0) is 19.1 Å². The van der Waals surface area contributed by atoms with E-state index in [0.717, 1.165) is 0 Å². The van der Waals surface area contributed by atoms with E-state index >= 15 is 0 Å². The van der Waals surface area contributed by atoms with Crippen molar-refractivity contribution >= 4 is 17.4 Å². The van der Waals surface area contributed by atoms with Crippen LogP contribution in [-0.2, 0) is 6.54 Å². The van der Waals surface area contributed by atoms with Gasteiger partial charge in [0.25, 0.3) is 0 Å². The lowest BCUT2D eigenvalue weighted by atomic mass is 10.3. The molecule has 0 aliphatic rings. The van der Waals surface area contributed by atoms with E-state index in [9.17, 15) is 0 Å². The minimum atomic E-state index is 0.258. The molecule has 2 aromatic rings. The van der Waals surface area contributed by atoms with Crippen LogP contribution in [0.4, 0.5) is 5.82 Å². The molecule has 0 unspecified atom stereocenters. The Morgan fingerprint density at radius 3 is 2.94 bits per heavy atom. The summed E-state index contributed by atoms with van der Waals surface area (Å²) < 4.78 is 4.92. The topological polar surface area (TPSA) is 87.6 Å². The quantitative estimate of drug-likeness (QED) is 0.836. The van der Waals surface area contributed by atoms with Crippen molar-refractivity contribution < 1.29 is 4.52 Å². The van der Waals surface area contributed by atoms with Crippen molar-refractivity contribution in [2.45, 2.75) is 13.5 Å². The molecule has 0 aliphatic heterocycles. The molecule has 1 N–H and O–H groups in total. The molecule has 0 spiro atoms. The number of aryl methyl sites for hydroxylation is 1. The second kappa shape index (κ2) is 4.80. The second-order valence-electron chi connectivity index (χ2n) is 3.26. The van der Waals surface area contributed by atoms with E-state index in [1.807, 2.05) is 6.07 Å². The average Bonchev–Trinajstić information content (AvgIpc) is 2.72. The van der Waals surface area contributed by atoms with Gasteiger partial charge in [-0.25, -0.2) is 4.98 Å². The summed E-state index contributed by atoms with van der Waals surface area (Å²) in [6.07, 6.45) is 0. The van der Waals surface area contributed by atoms with E-state index in [-0.39, 0.29) is 5.15 Å². The number of nitriles is 1. The zero-order valence-electron chi connectivity index (χ0n) is 8.94. The van der Waals surface area contributed by atoms with Crippen LogP contribution in [0, 0.1) is 18.3 Å². The number of halogens is 1. The molecular formula is C10H8ClN5O. The first kappa shape index (κ1) is 11.4. The van der Waals surface area contributed by atoms with Gasteiger partial charge in [0.1, 0.15) is 11.0 Å². The first-order valence-corrected chi connectivity index (χ1v) is 5.16. The normalized spacial score (nSPS) is 9.94. The summed E-state index contributed by atoms with van der Waals surface area (Å²) in [6, 6.07) is 5.08. The highest BCUT2D eigenvalue weighted by molar-refractivity contribution is 6.29. The molecule has 17 heavy (non-hydrogen) atoms. The molecule has 2 aromatic heterocycles. The summed E-state index contributed by atoms with van der Waals surface area (Å²) in [7, 11) is 0. The maximum Gasteiger partial charge on any atom is 0.245 e. The molecule has 0 radical (unpaired) electrons. The average molecular weight is 250 g/mol. The fraction of sp³-hybridized carbons (Fsp3) is 0.200. The highest BCUT2D eigenvalue weighted by atomic mass is 35.5.